The van der Waals surface area contributed by atoms with Crippen LogP contribution in [0.5, 0.6) is 0 Å². The van der Waals surface area contributed by atoms with E-state index in [0.29, 0.717) is 6.42 Å². The van der Waals surface area contributed by atoms with Gasteiger partial charge in [0.15, 0.2) is 0 Å². The van der Waals surface area contributed by atoms with Crippen molar-refractivity contribution in [1.82, 2.24) is 4.98 Å². The lowest BCUT2D eigenvalue weighted by Crippen LogP contribution is -2.00. The van der Waals surface area contributed by atoms with Crippen LogP contribution in [0.4, 0.5) is 11.4 Å². The number of aromatic nitrogens is 1. The average molecular weight is 278 g/mol. The zero-order valence-electron chi connectivity index (χ0n) is 10.3. The fourth-order valence-electron chi connectivity index (χ4n) is 1.82. The Morgan fingerprint density at radius 3 is 2.74 bits per heavy atom. The van der Waals surface area contributed by atoms with Gasteiger partial charge in [0.05, 0.1) is 9.95 Å². The molecule has 6 heteroatoms. The van der Waals surface area contributed by atoms with Gasteiger partial charge in [-0.3, -0.25) is 15.1 Å². The van der Waals surface area contributed by atoms with Crippen molar-refractivity contribution in [3.05, 3.63) is 62.4 Å². The fraction of sp³-hybridized carbons (Fsp3) is 0.154. The number of nitrogens with two attached hydrogens (primary N) is 1. The molecule has 1 heterocycles. The second kappa shape index (κ2) is 5.24. The molecule has 0 radical (unpaired) electrons. The number of aryl methyl sites for hydroxylation is 1. The summed E-state index contributed by atoms with van der Waals surface area (Å²) in [5.41, 5.74) is 7.97. The minimum Gasteiger partial charge on any atom is -0.392 e. The first-order valence-electron chi connectivity index (χ1n) is 5.63. The number of nitrogen functional groups attached to an aromatic ring is 1. The second-order valence-electron chi connectivity index (χ2n) is 4.18. The summed E-state index contributed by atoms with van der Waals surface area (Å²) >= 11 is 6.07. The van der Waals surface area contributed by atoms with E-state index in [1.807, 2.05) is 25.1 Å². The van der Waals surface area contributed by atoms with E-state index < -0.39 is 4.92 Å². The molecule has 2 aromatic rings. The molecular weight excluding hydrogens is 266 g/mol. The summed E-state index contributed by atoms with van der Waals surface area (Å²) in [4.78, 5) is 14.6. The molecule has 0 amide bonds. The largest absolute Gasteiger partial charge is 0.392 e. The number of nitro benzene ring substituents is 1. The first-order chi connectivity index (χ1) is 8.99. The van der Waals surface area contributed by atoms with E-state index in [1.54, 1.807) is 6.07 Å². The topological polar surface area (TPSA) is 82.0 Å². The molecule has 19 heavy (non-hydrogen) atoms. The van der Waals surface area contributed by atoms with Gasteiger partial charge in [0.2, 0.25) is 0 Å². The van der Waals surface area contributed by atoms with Crippen molar-refractivity contribution < 1.29 is 4.92 Å². The Morgan fingerprint density at radius 2 is 2.11 bits per heavy atom. The lowest BCUT2D eigenvalue weighted by Gasteiger charge is -2.07. The highest BCUT2D eigenvalue weighted by atomic mass is 35.5. The maximum atomic E-state index is 10.7. The van der Waals surface area contributed by atoms with Crippen LogP contribution in [-0.2, 0) is 6.42 Å². The van der Waals surface area contributed by atoms with Gasteiger partial charge in [-0.15, -0.1) is 0 Å². The normalized spacial score (nSPS) is 10.4. The van der Waals surface area contributed by atoms with E-state index in [0.717, 1.165) is 17.0 Å². The number of nitro groups is 1. The van der Waals surface area contributed by atoms with Crippen LogP contribution >= 0.6 is 11.6 Å². The van der Waals surface area contributed by atoms with Crippen LogP contribution in [0.2, 0.25) is 5.02 Å². The average Bonchev–Trinajstić information content (AvgIpc) is 2.35. The van der Waals surface area contributed by atoms with Crippen LogP contribution in [0.15, 0.2) is 30.3 Å². The lowest BCUT2D eigenvalue weighted by molar-refractivity contribution is -0.383. The summed E-state index contributed by atoms with van der Waals surface area (Å²) in [5, 5.41) is 11.0. The third-order valence-corrected chi connectivity index (χ3v) is 3.20. The van der Waals surface area contributed by atoms with Gasteiger partial charge in [0.25, 0.3) is 5.69 Å². The monoisotopic (exact) mass is 277 g/mol. The van der Waals surface area contributed by atoms with Gasteiger partial charge in [0, 0.05) is 23.9 Å². The van der Waals surface area contributed by atoms with Crippen molar-refractivity contribution in [2.75, 3.05) is 5.73 Å². The molecular formula is C13H12ClN3O2. The molecule has 0 bridgehead atoms. The number of benzene rings is 1. The Hall–Kier alpha value is -2.14. The summed E-state index contributed by atoms with van der Waals surface area (Å²) in [7, 11) is 0. The maximum absolute atomic E-state index is 10.7. The SMILES string of the molecule is Cc1cccc(Cc2ccc([N+](=O)[O-])c(N)c2Cl)n1. The van der Waals surface area contributed by atoms with Crippen LogP contribution in [0, 0.1) is 17.0 Å². The van der Waals surface area contributed by atoms with E-state index in [9.17, 15) is 10.1 Å². The van der Waals surface area contributed by atoms with Crippen molar-refractivity contribution in [2.45, 2.75) is 13.3 Å². The standard InChI is InChI=1S/C13H12ClN3O2/c1-8-3-2-4-10(16-8)7-9-5-6-11(17(18)19)13(15)12(9)14/h2-6H,7,15H2,1H3. The molecule has 1 aromatic carbocycles. The summed E-state index contributed by atoms with van der Waals surface area (Å²) < 4.78 is 0. The van der Waals surface area contributed by atoms with Crippen LogP contribution in [0.25, 0.3) is 0 Å². The molecule has 0 aliphatic rings. The Kier molecular flexibility index (Phi) is 3.66. The molecule has 0 aliphatic heterocycles. The highest BCUT2D eigenvalue weighted by Gasteiger charge is 2.17. The third-order valence-electron chi connectivity index (χ3n) is 2.75. The van der Waals surface area contributed by atoms with Gasteiger partial charge in [0.1, 0.15) is 5.69 Å². The van der Waals surface area contributed by atoms with Gasteiger partial charge in [-0.25, -0.2) is 0 Å². The van der Waals surface area contributed by atoms with E-state index in [2.05, 4.69) is 4.98 Å². The molecule has 0 saturated carbocycles. The van der Waals surface area contributed by atoms with E-state index in [1.165, 1.54) is 6.07 Å². The highest BCUT2D eigenvalue weighted by Crippen LogP contribution is 2.33. The maximum Gasteiger partial charge on any atom is 0.293 e. The summed E-state index contributed by atoms with van der Waals surface area (Å²) in [6, 6.07) is 8.66. The number of rotatable bonds is 3. The molecule has 0 saturated heterocycles. The van der Waals surface area contributed by atoms with Gasteiger partial charge in [-0.2, -0.15) is 0 Å². The smallest absolute Gasteiger partial charge is 0.293 e. The first kappa shape index (κ1) is 13.3. The minimum absolute atomic E-state index is 0.00294. The molecule has 0 spiro atoms. The number of hydrogen-bond acceptors (Lipinski definition) is 4. The van der Waals surface area contributed by atoms with Gasteiger partial charge >= 0.3 is 0 Å². The van der Waals surface area contributed by atoms with E-state index in [-0.39, 0.29) is 16.4 Å². The van der Waals surface area contributed by atoms with E-state index in [4.69, 9.17) is 17.3 Å². The van der Waals surface area contributed by atoms with E-state index >= 15 is 0 Å². The molecule has 0 aliphatic carbocycles. The van der Waals surface area contributed by atoms with Gasteiger partial charge in [-0.1, -0.05) is 23.7 Å². The van der Waals surface area contributed by atoms with Gasteiger partial charge < -0.3 is 5.73 Å². The van der Waals surface area contributed by atoms with Crippen molar-refractivity contribution in [2.24, 2.45) is 0 Å². The fourth-order valence-corrected chi connectivity index (χ4v) is 2.04. The number of pyridine rings is 1. The van der Waals surface area contributed by atoms with Crippen LogP contribution in [0.3, 0.4) is 0 Å². The van der Waals surface area contributed by atoms with Crippen molar-refractivity contribution in [1.29, 1.82) is 0 Å². The Labute approximate surface area is 115 Å². The predicted octanol–water partition coefficient (Wildman–Crippen LogP) is 3.12. The lowest BCUT2D eigenvalue weighted by atomic mass is 10.1. The molecule has 0 atom stereocenters. The van der Waals surface area contributed by atoms with Gasteiger partial charge in [-0.05, 0) is 24.6 Å². The molecule has 5 nitrogen and oxygen atoms in total. The van der Waals surface area contributed by atoms with Crippen LogP contribution in [-0.4, -0.2) is 9.91 Å². The Morgan fingerprint density at radius 1 is 1.37 bits per heavy atom. The molecule has 0 unspecified atom stereocenters. The summed E-state index contributed by atoms with van der Waals surface area (Å²) in [6.07, 6.45) is 0.489. The first-order valence-corrected chi connectivity index (χ1v) is 6.00. The zero-order valence-corrected chi connectivity index (χ0v) is 11.0. The van der Waals surface area contributed by atoms with Crippen molar-refractivity contribution >= 4 is 23.0 Å². The highest BCUT2D eigenvalue weighted by molar-refractivity contribution is 6.34. The third kappa shape index (κ3) is 2.82. The quantitative estimate of drug-likeness (QED) is 0.531. The molecule has 0 fully saturated rings. The Bertz CT molecular complexity index is 644. The molecule has 1 aromatic heterocycles. The number of anilines is 1. The van der Waals surface area contributed by atoms with Crippen molar-refractivity contribution in [3.8, 4) is 0 Å². The molecule has 2 rings (SSSR count). The number of hydrogen-bond donors (Lipinski definition) is 1. The minimum atomic E-state index is -0.546. The Balaban J connectivity index is 2.37. The molecule has 2 N–H and O–H groups in total. The predicted molar refractivity (Wildman–Crippen MR) is 74.3 cm³/mol. The molecule has 98 valence electrons. The number of halogens is 1. The zero-order chi connectivity index (χ0) is 14.0. The summed E-state index contributed by atoms with van der Waals surface area (Å²) in [5.74, 6) is 0. The van der Waals surface area contributed by atoms with Crippen molar-refractivity contribution in [3.63, 3.8) is 0 Å². The second-order valence-corrected chi connectivity index (χ2v) is 4.55. The summed E-state index contributed by atoms with van der Waals surface area (Å²) in [6.45, 7) is 1.90. The van der Waals surface area contributed by atoms with Crippen LogP contribution in [0.1, 0.15) is 17.0 Å². The number of nitrogens with zero attached hydrogens (tertiary/aromatic N) is 2. The van der Waals surface area contributed by atoms with Crippen LogP contribution < -0.4 is 5.73 Å².